The van der Waals surface area contributed by atoms with E-state index in [1.54, 1.807) is 12.1 Å². The molecule has 0 aliphatic carbocycles. The molecule has 3 saturated heterocycles. The van der Waals surface area contributed by atoms with E-state index in [1.807, 2.05) is 9.80 Å². The number of carbonyl (C=O) groups is 1. The number of fused-ring (bicyclic) bond motifs is 2. The van der Waals surface area contributed by atoms with Gasteiger partial charge in [0, 0.05) is 37.9 Å². The van der Waals surface area contributed by atoms with Gasteiger partial charge < -0.3 is 24.0 Å². The van der Waals surface area contributed by atoms with Crippen molar-refractivity contribution in [2.45, 2.75) is 24.7 Å². The van der Waals surface area contributed by atoms with Gasteiger partial charge in [0.05, 0.1) is 25.3 Å². The molecule has 0 saturated carbocycles. The first-order valence-electron chi connectivity index (χ1n) is 9.67. The zero-order chi connectivity index (χ0) is 20.9. The van der Waals surface area contributed by atoms with Crippen LogP contribution >= 0.6 is 0 Å². The maximum Gasteiger partial charge on any atom is 0.471 e. The second-order valence-electron chi connectivity index (χ2n) is 7.56. The monoisotopic (exact) mass is 424 g/mol. The number of hydrogen-bond acceptors (Lipinski definition) is 7. The zero-order valence-corrected chi connectivity index (χ0v) is 15.9. The number of amides is 2. The van der Waals surface area contributed by atoms with Crippen molar-refractivity contribution in [1.29, 1.82) is 0 Å². The van der Waals surface area contributed by atoms with Gasteiger partial charge in [0.25, 0.3) is 0 Å². The Kier molecular flexibility index (Phi) is 4.53. The fourth-order valence-electron chi connectivity index (χ4n) is 4.26. The molecule has 5 heterocycles. The number of alkyl halides is 3. The zero-order valence-electron chi connectivity index (χ0n) is 15.9. The highest BCUT2D eigenvalue weighted by Gasteiger charge is 2.47. The minimum atomic E-state index is -4.68. The maximum atomic E-state index is 12.8. The summed E-state index contributed by atoms with van der Waals surface area (Å²) in [5.41, 5.74) is 0.339. The largest absolute Gasteiger partial charge is 0.471 e. The van der Waals surface area contributed by atoms with Crippen LogP contribution in [-0.2, 0) is 10.9 Å². The van der Waals surface area contributed by atoms with Gasteiger partial charge in [-0.2, -0.15) is 18.2 Å². The number of rotatable bonds is 2. The maximum absolute atomic E-state index is 12.8. The number of hydrogen-bond donors (Lipinski definition) is 0. The van der Waals surface area contributed by atoms with Crippen molar-refractivity contribution in [2.24, 2.45) is 0 Å². The van der Waals surface area contributed by atoms with Crippen molar-refractivity contribution in [2.75, 3.05) is 44.3 Å². The summed E-state index contributed by atoms with van der Waals surface area (Å²) in [6.45, 7) is 3.68. The van der Waals surface area contributed by atoms with E-state index in [4.69, 9.17) is 4.74 Å². The summed E-state index contributed by atoms with van der Waals surface area (Å²) in [5.74, 6) is -0.834. The lowest BCUT2D eigenvalue weighted by molar-refractivity contribution is -0.159. The van der Waals surface area contributed by atoms with Crippen molar-refractivity contribution in [1.82, 2.24) is 24.9 Å². The number of anilines is 1. The van der Waals surface area contributed by atoms with Crippen LogP contribution in [0.2, 0.25) is 0 Å². The van der Waals surface area contributed by atoms with Crippen LogP contribution in [-0.4, -0.2) is 82.4 Å². The van der Waals surface area contributed by atoms with Gasteiger partial charge in [-0.05, 0) is 18.6 Å². The van der Waals surface area contributed by atoms with E-state index in [1.165, 1.54) is 6.20 Å². The fraction of sp³-hybridized carbons (Fsp3) is 0.556. The van der Waals surface area contributed by atoms with Gasteiger partial charge >= 0.3 is 18.1 Å². The Morgan fingerprint density at radius 2 is 1.93 bits per heavy atom. The van der Waals surface area contributed by atoms with Crippen LogP contribution in [0.15, 0.2) is 22.9 Å². The molecule has 2 bridgehead atoms. The van der Waals surface area contributed by atoms with Crippen molar-refractivity contribution < 1.29 is 27.2 Å². The lowest BCUT2D eigenvalue weighted by atomic mass is 10.2. The average Bonchev–Trinajstić information content (AvgIpc) is 3.49. The van der Waals surface area contributed by atoms with Gasteiger partial charge in [-0.25, -0.2) is 9.78 Å². The molecule has 2 aromatic rings. The summed E-state index contributed by atoms with van der Waals surface area (Å²) < 4.78 is 47.4. The Morgan fingerprint density at radius 3 is 2.53 bits per heavy atom. The number of ether oxygens (including phenoxy) is 1. The number of likely N-dealkylation sites (tertiary alicyclic amines) is 1. The molecule has 2 atom stereocenters. The topological polar surface area (TPSA) is 87.8 Å². The van der Waals surface area contributed by atoms with Gasteiger partial charge in [0.2, 0.25) is 5.82 Å². The number of pyridine rings is 1. The molecule has 12 heteroatoms. The molecule has 0 spiro atoms. The average molecular weight is 424 g/mol. The molecule has 160 valence electrons. The minimum Gasteiger partial charge on any atom is -0.378 e. The van der Waals surface area contributed by atoms with E-state index in [-0.39, 0.29) is 23.9 Å². The molecule has 0 aromatic carbocycles. The minimum absolute atomic E-state index is 0.0614. The Bertz CT molecular complexity index is 928. The second-order valence-corrected chi connectivity index (χ2v) is 7.56. The van der Waals surface area contributed by atoms with Crippen LogP contribution in [0.4, 0.5) is 23.8 Å². The molecular weight excluding hydrogens is 405 g/mol. The van der Waals surface area contributed by atoms with Crippen molar-refractivity contribution in [3.05, 3.63) is 24.2 Å². The predicted octanol–water partition coefficient (Wildman–Crippen LogP) is 1.87. The van der Waals surface area contributed by atoms with Gasteiger partial charge in [-0.15, -0.1) is 0 Å². The van der Waals surface area contributed by atoms with Gasteiger partial charge in [-0.3, -0.25) is 0 Å². The van der Waals surface area contributed by atoms with E-state index in [0.29, 0.717) is 50.8 Å². The number of aromatic nitrogens is 3. The number of piperazine rings is 1. The first-order valence-corrected chi connectivity index (χ1v) is 9.67. The summed E-state index contributed by atoms with van der Waals surface area (Å²) in [5, 5.41) is 3.37. The van der Waals surface area contributed by atoms with Crippen molar-refractivity contribution >= 4 is 11.8 Å². The Morgan fingerprint density at radius 1 is 1.13 bits per heavy atom. The quantitative estimate of drug-likeness (QED) is 0.727. The highest BCUT2D eigenvalue weighted by molar-refractivity contribution is 5.76. The molecule has 2 amide bonds. The van der Waals surface area contributed by atoms with E-state index < -0.39 is 12.1 Å². The first-order chi connectivity index (χ1) is 14.4. The van der Waals surface area contributed by atoms with Crippen molar-refractivity contribution in [3.63, 3.8) is 0 Å². The summed E-state index contributed by atoms with van der Waals surface area (Å²) in [6.07, 6.45) is -2.37. The smallest absolute Gasteiger partial charge is 0.378 e. The number of carbonyl (C=O) groups excluding carboxylic acids is 1. The lowest BCUT2D eigenvalue weighted by Crippen LogP contribution is -2.55. The molecule has 5 rings (SSSR count). The van der Waals surface area contributed by atoms with E-state index in [2.05, 4.69) is 24.5 Å². The van der Waals surface area contributed by atoms with Crippen LogP contribution in [0.3, 0.4) is 0 Å². The lowest BCUT2D eigenvalue weighted by Gasteiger charge is -2.38. The van der Waals surface area contributed by atoms with Gasteiger partial charge in [-0.1, -0.05) is 5.16 Å². The first kappa shape index (κ1) is 19.1. The molecule has 30 heavy (non-hydrogen) atoms. The number of nitrogens with zero attached hydrogens (tertiary/aromatic N) is 6. The Hall–Kier alpha value is -2.89. The molecular formula is C18H19F3N6O3. The third-order valence-corrected chi connectivity index (χ3v) is 5.74. The molecule has 0 N–H and O–H groups in total. The van der Waals surface area contributed by atoms with E-state index in [0.717, 1.165) is 6.42 Å². The highest BCUT2D eigenvalue weighted by Crippen LogP contribution is 2.35. The van der Waals surface area contributed by atoms with E-state index in [9.17, 15) is 18.0 Å². The van der Waals surface area contributed by atoms with Crippen LogP contribution in [0.1, 0.15) is 12.3 Å². The molecule has 0 unspecified atom stereocenters. The third kappa shape index (κ3) is 3.34. The number of urea groups is 1. The normalized spacial score (nSPS) is 24.0. The molecule has 0 radical (unpaired) electrons. The highest BCUT2D eigenvalue weighted by atomic mass is 19.4. The van der Waals surface area contributed by atoms with Gasteiger partial charge in [0.15, 0.2) is 0 Å². The third-order valence-electron chi connectivity index (χ3n) is 5.74. The standard InChI is InChI=1S/C18H19F3N6O3/c19-18(20,21)16-23-15(24-30-16)11-1-2-14(22-8-11)26-9-13-7-12(26)10-27(13)17(28)25-3-5-29-6-4-25/h1-2,8,12-13H,3-7,9-10H2/t12-,13-/m0/s1. The van der Waals surface area contributed by atoms with Crippen LogP contribution < -0.4 is 4.90 Å². The Balaban J connectivity index is 1.25. The van der Waals surface area contributed by atoms with Crippen LogP contribution in [0.5, 0.6) is 0 Å². The van der Waals surface area contributed by atoms with E-state index >= 15 is 0 Å². The summed E-state index contributed by atoms with van der Waals surface area (Å²) >= 11 is 0. The van der Waals surface area contributed by atoms with Crippen LogP contribution in [0.25, 0.3) is 11.4 Å². The van der Waals surface area contributed by atoms with Crippen molar-refractivity contribution in [3.8, 4) is 11.4 Å². The number of morpholine rings is 1. The summed E-state index contributed by atoms with van der Waals surface area (Å²) in [4.78, 5) is 26.4. The predicted molar refractivity (Wildman–Crippen MR) is 96.6 cm³/mol. The molecule has 3 fully saturated rings. The molecule has 2 aromatic heterocycles. The van der Waals surface area contributed by atoms with Gasteiger partial charge in [0.1, 0.15) is 5.82 Å². The summed E-state index contributed by atoms with van der Waals surface area (Å²) in [6, 6.07) is 3.70. The Labute approximate surface area is 169 Å². The summed E-state index contributed by atoms with van der Waals surface area (Å²) in [7, 11) is 0. The number of halogens is 3. The molecule has 9 nitrogen and oxygen atoms in total. The fourth-order valence-corrected chi connectivity index (χ4v) is 4.26. The van der Waals surface area contributed by atoms with Crippen LogP contribution in [0, 0.1) is 0 Å². The molecule has 3 aliphatic rings. The molecule has 3 aliphatic heterocycles. The second kappa shape index (κ2) is 7.11. The SMILES string of the molecule is O=C(N1CCOCC1)N1C[C@@H]2C[C@H]1CN2c1ccc(-c2noc(C(F)(F)F)n2)cn1.